The van der Waals surface area contributed by atoms with Crippen LogP contribution in [0.5, 0.6) is 0 Å². The van der Waals surface area contributed by atoms with Crippen LogP contribution in [0.1, 0.15) is 49.0 Å². The summed E-state index contributed by atoms with van der Waals surface area (Å²) in [5, 5.41) is 2.95. The number of rotatable bonds is 6. The Morgan fingerprint density at radius 2 is 1.81 bits per heavy atom. The number of nitrogens with zero attached hydrogens (tertiary/aromatic N) is 3. The van der Waals surface area contributed by atoms with Crippen LogP contribution in [0.3, 0.4) is 0 Å². The number of piperidine rings is 1. The van der Waals surface area contributed by atoms with Crippen molar-refractivity contribution in [2.24, 2.45) is 13.0 Å². The number of amides is 2. The molecule has 0 spiro atoms. The predicted molar refractivity (Wildman–Crippen MR) is 114 cm³/mol. The van der Waals surface area contributed by atoms with Crippen LogP contribution < -0.4 is 5.32 Å². The first-order chi connectivity index (χ1) is 14.9. The third-order valence-corrected chi connectivity index (χ3v) is 8.45. The van der Waals surface area contributed by atoms with Crippen LogP contribution in [0, 0.1) is 5.92 Å². The van der Waals surface area contributed by atoms with Gasteiger partial charge in [0.1, 0.15) is 10.6 Å². The molecule has 4 heterocycles. The van der Waals surface area contributed by atoms with Crippen LogP contribution in [0.4, 0.5) is 0 Å². The van der Waals surface area contributed by atoms with Gasteiger partial charge in [-0.05, 0) is 44.6 Å². The van der Waals surface area contributed by atoms with E-state index in [0.29, 0.717) is 51.3 Å². The molecule has 0 aromatic carbocycles. The number of carbonyl (C=O) groups is 2. The molecule has 0 bridgehead atoms. The molecule has 10 heteroatoms. The zero-order valence-electron chi connectivity index (χ0n) is 18.1. The Kier molecular flexibility index (Phi) is 6.68. The standard InChI is InChI=1S/C21H32N4O5S/c1-23-15-18(13-19(23)21(27)24-8-2-3-9-24)31(28,29)25-10-6-16(7-11-25)20(26)22-14-17-5-4-12-30-17/h13,15-17H,2-12,14H2,1H3,(H,22,26)/t17-/m0/s1. The lowest BCUT2D eigenvalue weighted by Gasteiger charge is -2.30. The van der Waals surface area contributed by atoms with E-state index >= 15 is 0 Å². The summed E-state index contributed by atoms with van der Waals surface area (Å²) >= 11 is 0. The van der Waals surface area contributed by atoms with Crippen molar-refractivity contribution in [3.8, 4) is 0 Å². The third-order valence-electron chi connectivity index (χ3n) is 6.58. The van der Waals surface area contributed by atoms with Gasteiger partial charge in [-0.15, -0.1) is 0 Å². The van der Waals surface area contributed by atoms with Crippen LogP contribution in [0.2, 0.25) is 0 Å². The number of aryl methyl sites for hydroxylation is 1. The van der Waals surface area contributed by atoms with Gasteiger partial charge < -0.3 is 19.5 Å². The highest BCUT2D eigenvalue weighted by molar-refractivity contribution is 7.89. The monoisotopic (exact) mass is 452 g/mol. The smallest absolute Gasteiger partial charge is 0.270 e. The lowest BCUT2D eigenvalue weighted by Crippen LogP contribution is -2.44. The maximum atomic E-state index is 13.1. The van der Waals surface area contributed by atoms with Gasteiger partial charge in [0.05, 0.1) is 6.10 Å². The maximum Gasteiger partial charge on any atom is 0.270 e. The minimum Gasteiger partial charge on any atom is -0.376 e. The van der Waals surface area contributed by atoms with Gasteiger partial charge >= 0.3 is 0 Å². The first kappa shape index (κ1) is 22.3. The highest BCUT2D eigenvalue weighted by Crippen LogP contribution is 2.26. The van der Waals surface area contributed by atoms with Crippen LogP contribution in [0.15, 0.2) is 17.2 Å². The summed E-state index contributed by atoms with van der Waals surface area (Å²) in [6.07, 6.45) is 6.55. The number of hydrogen-bond donors (Lipinski definition) is 1. The fourth-order valence-corrected chi connectivity index (χ4v) is 6.18. The molecule has 0 aliphatic carbocycles. The van der Waals surface area contributed by atoms with E-state index < -0.39 is 10.0 Å². The lowest BCUT2D eigenvalue weighted by atomic mass is 9.97. The van der Waals surface area contributed by atoms with E-state index in [4.69, 9.17) is 4.74 Å². The van der Waals surface area contributed by atoms with Crippen LogP contribution in [-0.4, -0.2) is 79.4 Å². The highest BCUT2D eigenvalue weighted by Gasteiger charge is 2.34. The number of aromatic nitrogens is 1. The lowest BCUT2D eigenvalue weighted by molar-refractivity contribution is -0.126. The first-order valence-electron chi connectivity index (χ1n) is 11.2. The summed E-state index contributed by atoms with van der Waals surface area (Å²) < 4.78 is 34.8. The molecule has 1 N–H and O–H groups in total. The average molecular weight is 453 g/mol. The molecule has 31 heavy (non-hydrogen) atoms. The van der Waals surface area contributed by atoms with Gasteiger partial charge in [-0.25, -0.2) is 8.42 Å². The molecule has 172 valence electrons. The fraction of sp³-hybridized carbons (Fsp3) is 0.714. The Bertz CT molecular complexity index is 908. The van der Waals surface area contributed by atoms with E-state index in [9.17, 15) is 18.0 Å². The molecule has 1 aromatic heterocycles. The number of hydrogen-bond acceptors (Lipinski definition) is 5. The van der Waals surface area contributed by atoms with Crippen molar-refractivity contribution in [1.29, 1.82) is 0 Å². The molecule has 3 aliphatic heterocycles. The second-order valence-electron chi connectivity index (χ2n) is 8.73. The Morgan fingerprint density at radius 1 is 1.10 bits per heavy atom. The SMILES string of the molecule is Cn1cc(S(=O)(=O)N2CCC(C(=O)NC[C@@H]3CCCO3)CC2)cc1C(=O)N1CCCC1. The Morgan fingerprint density at radius 3 is 2.45 bits per heavy atom. The fourth-order valence-electron chi connectivity index (χ4n) is 4.64. The molecule has 9 nitrogen and oxygen atoms in total. The minimum atomic E-state index is -3.71. The van der Waals surface area contributed by atoms with Gasteiger partial charge in [-0.3, -0.25) is 9.59 Å². The van der Waals surface area contributed by atoms with Crippen molar-refractivity contribution < 1.29 is 22.7 Å². The topological polar surface area (TPSA) is 101 Å². The van der Waals surface area contributed by atoms with Crippen molar-refractivity contribution in [1.82, 2.24) is 19.1 Å². The summed E-state index contributed by atoms with van der Waals surface area (Å²) in [4.78, 5) is 27.1. The molecule has 1 atom stereocenters. The molecule has 4 rings (SSSR count). The predicted octanol–water partition coefficient (Wildman–Crippen LogP) is 0.957. The van der Waals surface area contributed by atoms with Crippen molar-refractivity contribution >= 4 is 21.8 Å². The number of carbonyl (C=O) groups excluding carboxylic acids is 2. The van der Waals surface area contributed by atoms with E-state index in [1.165, 1.54) is 16.6 Å². The first-order valence-corrected chi connectivity index (χ1v) is 12.7. The minimum absolute atomic E-state index is 0.0224. The molecular weight excluding hydrogens is 420 g/mol. The normalized spacial score (nSPS) is 23.4. The Hall–Kier alpha value is -1.91. The van der Waals surface area contributed by atoms with Crippen LogP contribution >= 0.6 is 0 Å². The highest BCUT2D eigenvalue weighted by atomic mass is 32.2. The average Bonchev–Trinajstić information content (AvgIpc) is 3.53. The van der Waals surface area contributed by atoms with Crippen LogP contribution in [-0.2, 0) is 26.6 Å². The maximum absolute atomic E-state index is 13.1. The second-order valence-corrected chi connectivity index (χ2v) is 10.7. The second kappa shape index (κ2) is 9.30. The summed E-state index contributed by atoms with van der Waals surface area (Å²) in [6, 6.07) is 1.48. The van der Waals surface area contributed by atoms with Gasteiger partial charge in [-0.2, -0.15) is 4.31 Å². The van der Waals surface area contributed by atoms with Crippen molar-refractivity contribution in [3.63, 3.8) is 0 Å². The van der Waals surface area contributed by atoms with E-state index in [1.807, 2.05) is 0 Å². The van der Waals surface area contributed by atoms with Gasteiger partial charge in [-0.1, -0.05) is 0 Å². The zero-order chi connectivity index (χ0) is 22.0. The molecule has 0 radical (unpaired) electrons. The van der Waals surface area contributed by atoms with Crippen LogP contribution in [0.25, 0.3) is 0 Å². The summed E-state index contributed by atoms with van der Waals surface area (Å²) in [5.74, 6) is -0.329. The molecule has 2 amide bonds. The molecule has 0 saturated carbocycles. The molecule has 3 fully saturated rings. The van der Waals surface area contributed by atoms with Crippen molar-refractivity contribution in [2.75, 3.05) is 39.3 Å². The van der Waals surface area contributed by atoms with Crippen molar-refractivity contribution in [3.05, 3.63) is 18.0 Å². The summed E-state index contributed by atoms with van der Waals surface area (Å²) in [6.45, 7) is 3.30. The zero-order valence-corrected chi connectivity index (χ0v) is 18.9. The summed E-state index contributed by atoms with van der Waals surface area (Å²) in [5.41, 5.74) is 0.392. The van der Waals surface area contributed by atoms with Crippen molar-refractivity contribution in [2.45, 2.75) is 49.5 Å². The number of nitrogens with one attached hydrogen (secondary N) is 1. The number of likely N-dealkylation sites (tertiary alicyclic amines) is 1. The van der Waals surface area contributed by atoms with E-state index in [-0.39, 0.29) is 28.7 Å². The quantitative estimate of drug-likeness (QED) is 0.693. The van der Waals surface area contributed by atoms with E-state index in [1.54, 1.807) is 16.5 Å². The summed E-state index contributed by atoms with van der Waals surface area (Å²) in [7, 11) is -2.00. The molecule has 0 unspecified atom stereocenters. The van der Waals surface area contributed by atoms with Gasteiger partial charge in [0.2, 0.25) is 15.9 Å². The Balaban J connectivity index is 1.35. The molecule has 3 saturated heterocycles. The van der Waals surface area contributed by atoms with Gasteiger partial charge in [0.25, 0.3) is 5.91 Å². The third kappa shape index (κ3) is 4.80. The van der Waals surface area contributed by atoms with Gasteiger partial charge in [0.15, 0.2) is 0 Å². The number of sulfonamides is 1. The van der Waals surface area contributed by atoms with E-state index in [2.05, 4.69) is 5.32 Å². The number of ether oxygens (including phenoxy) is 1. The molecule has 3 aliphatic rings. The largest absolute Gasteiger partial charge is 0.376 e. The Labute approximate surface area is 183 Å². The van der Waals surface area contributed by atoms with E-state index in [0.717, 1.165) is 32.3 Å². The molecule has 1 aromatic rings. The molecular formula is C21H32N4O5S. The van der Waals surface area contributed by atoms with Gasteiger partial charge in [0, 0.05) is 58.5 Å².